The molecule has 2 aromatic rings. The first kappa shape index (κ1) is 23.8. The smallest absolute Gasteiger partial charge is 0.276 e. The van der Waals surface area contributed by atoms with Gasteiger partial charge in [-0.2, -0.15) is 0 Å². The maximum atomic E-state index is 14.4. The molecule has 176 valence electrons. The third kappa shape index (κ3) is 4.54. The highest BCUT2D eigenvalue weighted by molar-refractivity contribution is 5.98. The molecule has 33 heavy (non-hydrogen) atoms. The van der Waals surface area contributed by atoms with E-state index in [1.165, 1.54) is 27.0 Å². The van der Waals surface area contributed by atoms with Crippen LogP contribution in [-0.4, -0.2) is 45.6 Å². The normalized spacial score (nSPS) is 20.0. The molecule has 2 heterocycles. The SMILES string of the molecule is C[C@H]1Nn2cc(C(=O)NCc3c(F)cc(F)cc3F)c(=O)c(O)c2C(=O)N(C)[C@@H](C)/C=C\1F. The van der Waals surface area contributed by atoms with E-state index in [2.05, 4.69) is 10.7 Å². The zero-order valence-corrected chi connectivity index (χ0v) is 17.7. The molecule has 0 radical (unpaired) electrons. The number of halogens is 4. The second-order valence-electron chi connectivity index (χ2n) is 7.53. The van der Waals surface area contributed by atoms with Crippen molar-refractivity contribution in [3.63, 3.8) is 0 Å². The van der Waals surface area contributed by atoms with Gasteiger partial charge in [0.15, 0.2) is 11.4 Å². The minimum absolute atomic E-state index is 0.427. The van der Waals surface area contributed by atoms with Crippen LogP contribution in [0.3, 0.4) is 0 Å². The van der Waals surface area contributed by atoms with Gasteiger partial charge in [0.05, 0.1) is 12.1 Å². The zero-order chi connectivity index (χ0) is 24.6. The molecule has 1 aromatic heterocycles. The number of benzene rings is 1. The summed E-state index contributed by atoms with van der Waals surface area (Å²) in [6, 6.07) is -0.872. The molecule has 0 saturated heterocycles. The first-order valence-corrected chi connectivity index (χ1v) is 9.73. The van der Waals surface area contributed by atoms with Crippen molar-refractivity contribution in [3.8, 4) is 5.75 Å². The van der Waals surface area contributed by atoms with Crippen molar-refractivity contribution < 1.29 is 32.3 Å². The number of nitrogens with one attached hydrogen (secondary N) is 2. The van der Waals surface area contributed by atoms with Crippen LogP contribution in [0.1, 0.15) is 40.3 Å². The van der Waals surface area contributed by atoms with Gasteiger partial charge >= 0.3 is 0 Å². The monoisotopic (exact) mass is 468 g/mol. The molecule has 0 saturated carbocycles. The number of rotatable bonds is 3. The highest BCUT2D eigenvalue weighted by Gasteiger charge is 2.30. The molecule has 3 rings (SSSR count). The molecule has 0 fully saturated rings. The summed E-state index contributed by atoms with van der Waals surface area (Å²) < 4.78 is 56.0. The lowest BCUT2D eigenvalue weighted by molar-refractivity contribution is 0.0754. The highest BCUT2D eigenvalue weighted by Crippen LogP contribution is 2.21. The molecule has 12 heteroatoms. The van der Waals surface area contributed by atoms with Crippen molar-refractivity contribution in [2.45, 2.75) is 32.5 Å². The average molecular weight is 468 g/mol. The number of pyridine rings is 1. The number of carbonyl (C=O) groups excluding carboxylic acids is 2. The van der Waals surface area contributed by atoms with Crippen molar-refractivity contribution in [2.75, 3.05) is 12.5 Å². The maximum absolute atomic E-state index is 14.4. The van der Waals surface area contributed by atoms with Gasteiger partial charge in [0.25, 0.3) is 11.8 Å². The van der Waals surface area contributed by atoms with E-state index in [0.29, 0.717) is 12.1 Å². The minimum Gasteiger partial charge on any atom is -0.502 e. The van der Waals surface area contributed by atoms with Crippen LogP contribution in [0.4, 0.5) is 17.6 Å². The summed E-state index contributed by atoms with van der Waals surface area (Å²) in [7, 11) is 1.34. The summed E-state index contributed by atoms with van der Waals surface area (Å²) in [5.41, 5.74) is -0.527. The van der Waals surface area contributed by atoms with Crippen LogP contribution in [-0.2, 0) is 6.54 Å². The largest absolute Gasteiger partial charge is 0.502 e. The van der Waals surface area contributed by atoms with Crippen LogP contribution in [0.2, 0.25) is 0 Å². The van der Waals surface area contributed by atoms with Crippen LogP contribution >= 0.6 is 0 Å². The molecule has 0 aliphatic carbocycles. The van der Waals surface area contributed by atoms with E-state index in [9.17, 15) is 37.1 Å². The van der Waals surface area contributed by atoms with E-state index in [1.54, 1.807) is 0 Å². The molecule has 2 amide bonds. The van der Waals surface area contributed by atoms with Gasteiger partial charge in [-0.05, 0) is 19.9 Å². The zero-order valence-electron chi connectivity index (χ0n) is 17.7. The van der Waals surface area contributed by atoms with Gasteiger partial charge in [-0.1, -0.05) is 0 Å². The number of aromatic hydroxyl groups is 1. The molecular formula is C21H20F4N4O4. The van der Waals surface area contributed by atoms with Gasteiger partial charge < -0.3 is 20.7 Å². The average Bonchev–Trinajstić information content (AvgIpc) is 2.76. The first-order chi connectivity index (χ1) is 15.4. The number of fused-ring (bicyclic) bond motifs is 1. The van der Waals surface area contributed by atoms with Crippen LogP contribution < -0.4 is 16.2 Å². The predicted molar refractivity (Wildman–Crippen MR) is 109 cm³/mol. The van der Waals surface area contributed by atoms with Crippen LogP contribution in [0.5, 0.6) is 5.75 Å². The van der Waals surface area contributed by atoms with Gasteiger partial charge in [-0.15, -0.1) is 0 Å². The fraction of sp³-hybridized carbons (Fsp3) is 0.286. The molecule has 2 atom stereocenters. The third-order valence-corrected chi connectivity index (χ3v) is 5.24. The van der Waals surface area contributed by atoms with Gasteiger partial charge in [0.1, 0.15) is 28.8 Å². The number of carbonyl (C=O) groups is 2. The topological polar surface area (TPSA) is 104 Å². The number of aromatic nitrogens is 1. The molecule has 0 spiro atoms. The second kappa shape index (κ2) is 8.96. The fourth-order valence-electron chi connectivity index (χ4n) is 3.18. The van der Waals surface area contributed by atoms with E-state index in [0.717, 1.165) is 15.8 Å². The summed E-state index contributed by atoms with van der Waals surface area (Å²) in [5, 5.41) is 12.5. The molecule has 0 unspecified atom stereocenters. The molecule has 1 aliphatic heterocycles. The first-order valence-electron chi connectivity index (χ1n) is 9.73. The van der Waals surface area contributed by atoms with Crippen LogP contribution in [0.25, 0.3) is 0 Å². The van der Waals surface area contributed by atoms with Crippen molar-refractivity contribution in [3.05, 3.63) is 74.7 Å². The number of likely N-dealkylation sites (N-methyl/N-ethyl adjacent to an activating group) is 1. The van der Waals surface area contributed by atoms with Crippen molar-refractivity contribution in [1.82, 2.24) is 14.9 Å². The minimum atomic E-state index is -1.25. The van der Waals surface area contributed by atoms with Gasteiger partial charge in [-0.3, -0.25) is 19.1 Å². The Hall–Kier alpha value is -3.83. The van der Waals surface area contributed by atoms with E-state index < -0.39 is 81.7 Å². The quantitative estimate of drug-likeness (QED) is 0.599. The summed E-state index contributed by atoms with van der Waals surface area (Å²) in [6.45, 7) is 2.21. The number of nitrogens with zero attached hydrogens (tertiary/aromatic N) is 2. The Bertz CT molecular complexity index is 1200. The Morgan fingerprint density at radius 3 is 2.36 bits per heavy atom. The number of amides is 2. The molecule has 1 aliphatic rings. The molecule has 8 nitrogen and oxygen atoms in total. The molecule has 1 aromatic carbocycles. The molecular weight excluding hydrogens is 448 g/mol. The van der Waals surface area contributed by atoms with E-state index in [-0.39, 0.29) is 0 Å². The molecule has 0 bridgehead atoms. The predicted octanol–water partition coefficient (Wildman–Crippen LogP) is 2.16. The van der Waals surface area contributed by atoms with Crippen molar-refractivity contribution in [1.29, 1.82) is 0 Å². The summed E-state index contributed by atoms with van der Waals surface area (Å²) in [6.07, 6.45) is 2.05. The second-order valence-corrected chi connectivity index (χ2v) is 7.53. The Morgan fingerprint density at radius 1 is 1.15 bits per heavy atom. The van der Waals surface area contributed by atoms with E-state index in [4.69, 9.17) is 0 Å². The van der Waals surface area contributed by atoms with Crippen LogP contribution in [0, 0.1) is 17.5 Å². The van der Waals surface area contributed by atoms with Crippen LogP contribution in [0.15, 0.2) is 35.0 Å². The fourth-order valence-corrected chi connectivity index (χ4v) is 3.18. The summed E-state index contributed by atoms with van der Waals surface area (Å²) >= 11 is 0. The summed E-state index contributed by atoms with van der Waals surface area (Å²) in [5.74, 6) is -7.33. The van der Waals surface area contributed by atoms with Gasteiger partial charge in [0.2, 0.25) is 5.43 Å². The number of hydrogen-bond acceptors (Lipinski definition) is 5. The third-order valence-electron chi connectivity index (χ3n) is 5.24. The Labute approximate surface area is 185 Å². The lowest BCUT2D eigenvalue weighted by Crippen LogP contribution is -2.39. The van der Waals surface area contributed by atoms with E-state index >= 15 is 0 Å². The lowest BCUT2D eigenvalue weighted by atomic mass is 10.1. The lowest BCUT2D eigenvalue weighted by Gasteiger charge is -2.24. The Kier molecular flexibility index (Phi) is 6.47. The van der Waals surface area contributed by atoms with Crippen molar-refractivity contribution >= 4 is 11.8 Å². The van der Waals surface area contributed by atoms with Crippen molar-refractivity contribution in [2.24, 2.45) is 0 Å². The number of hydrogen-bond donors (Lipinski definition) is 3. The Balaban J connectivity index is 2.01. The maximum Gasteiger partial charge on any atom is 0.276 e. The summed E-state index contributed by atoms with van der Waals surface area (Å²) in [4.78, 5) is 39.1. The van der Waals surface area contributed by atoms with E-state index in [1.807, 2.05) is 0 Å². The standard InChI is InChI=1S/C21H20F4N4O4/c1-9-4-14(23)10(2)27-29-8-13(18(30)19(31)17(29)21(33)28(9)3)20(32)26-7-12-15(24)5-11(22)6-16(12)25/h4-6,8-10,27,31H,7H2,1-3H3,(H,26,32)/b14-4+/t9-,10+/m0/s1. The Morgan fingerprint density at radius 2 is 1.76 bits per heavy atom. The molecule has 3 N–H and O–H groups in total. The van der Waals surface area contributed by atoms with Gasteiger partial charge in [-0.25, -0.2) is 17.6 Å². The highest BCUT2D eigenvalue weighted by atomic mass is 19.1. The van der Waals surface area contributed by atoms with Gasteiger partial charge in [0, 0.05) is 37.5 Å².